The number of furan rings is 1. The number of para-hydroxylation sites is 5. The molecule has 0 saturated carbocycles. The Kier molecular flexibility index (Phi) is 9.56. The number of rotatable bonds is 8. The van der Waals surface area contributed by atoms with Crippen molar-refractivity contribution in [1.29, 1.82) is 0 Å². The first-order valence-corrected chi connectivity index (χ1v) is 24.9. The zero-order chi connectivity index (χ0) is 47.9. The van der Waals surface area contributed by atoms with Crippen LogP contribution < -0.4 is 9.80 Å². The van der Waals surface area contributed by atoms with Gasteiger partial charge in [-0.1, -0.05) is 196 Å². The van der Waals surface area contributed by atoms with Crippen molar-refractivity contribution in [3.05, 3.63) is 266 Å². The molecule has 0 amide bonds. The minimum atomic E-state index is -0.269. The maximum Gasteiger partial charge on any atom is 0.159 e. The smallest absolute Gasteiger partial charge is 0.159 e. The van der Waals surface area contributed by atoms with Crippen LogP contribution >= 0.6 is 0 Å². The Morgan fingerprint density at radius 2 is 0.875 bits per heavy atom. The molecule has 13 aromatic rings. The van der Waals surface area contributed by atoms with Gasteiger partial charge in [0.15, 0.2) is 5.58 Å². The van der Waals surface area contributed by atoms with Gasteiger partial charge in [-0.05, 0) is 139 Å². The molecule has 14 rings (SSSR count). The average molecular weight is 921 g/mol. The third kappa shape index (κ3) is 6.51. The Morgan fingerprint density at radius 3 is 1.64 bits per heavy atom. The molecule has 72 heavy (non-hydrogen) atoms. The van der Waals surface area contributed by atoms with Crippen LogP contribution in [-0.2, 0) is 5.41 Å². The molecule has 3 heteroatoms. The number of benzene rings is 12. The van der Waals surface area contributed by atoms with Gasteiger partial charge in [0.1, 0.15) is 5.58 Å². The van der Waals surface area contributed by atoms with Crippen molar-refractivity contribution < 1.29 is 4.42 Å². The topological polar surface area (TPSA) is 19.6 Å². The summed E-state index contributed by atoms with van der Waals surface area (Å²) in [5.41, 5.74) is 17.9. The summed E-state index contributed by atoms with van der Waals surface area (Å²) in [6, 6.07) is 92.7. The molecule has 0 spiro atoms. The summed E-state index contributed by atoms with van der Waals surface area (Å²) >= 11 is 0. The number of fused-ring (bicyclic) bond motifs is 9. The van der Waals surface area contributed by atoms with E-state index in [4.69, 9.17) is 4.42 Å². The Balaban J connectivity index is 0.912. The quantitative estimate of drug-likeness (QED) is 0.142. The molecule has 0 fully saturated rings. The zero-order valence-electron chi connectivity index (χ0n) is 40.1. The van der Waals surface area contributed by atoms with Crippen molar-refractivity contribution >= 4 is 88.4 Å². The van der Waals surface area contributed by atoms with E-state index in [0.29, 0.717) is 0 Å². The Morgan fingerprint density at radius 1 is 0.306 bits per heavy atom. The number of nitrogens with zero attached hydrogens (tertiary/aromatic N) is 2. The van der Waals surface area contributed by atoms with Gasteiger partial charge in [-0.15, -0.1) is 0 Å². The Bertz CT molecular complexity index is 4190. The monoisotopic (exact) mass is 920 g/mol. The number of hydrogen-bond donors (Lipinski definition) is 0. The number of anilines is 6. The fourth-order valence-electron chi connectivity index (χ4n) is 11.8. The van der Waals surface area contributed by atoms with Crippen LogP contribution in [0.3, 0.4) is 0 Å². The fourth-order valence-corrected chi connectivity index (χ4v) is 11.8. The Labute approximate surface area is 419 Å². The van der Waals surface area contributed by atoms with Gasteiger partial charge in [0.05, 0.1) is 17.1 Å². The Hall–Kier alpha value is -9.18. The zero-order valence-corrected chi connectivity index (χ0v) is 40.1. The second-order valence-electron chi connectivity index (χ2n) is 19.6. The largest absolute Gasteiger partial charge is 0.454 e. The van der Waals surface area contributed by atoms with Crippen LogP contribution in [-0.4, -0.2) is 0 Å². The van der Waals surface area contributed by atoms with Crippen molar-refractivity contribution in [2.75, 3.05) is 9.80 Å². The third-order valence-corrected chi connectivity index (χ3v) is 15.2. The predicted molar refractivity (Wildman–Crippen MR) is 304 cm³/mol. The predicted octanol–water partition coefficient (Wildman–Crippen LogP) is 19.6. The van der Waals surface area contributed by atoms with Gasteiger partial charge in [-0.3, -0.25) is 0 Å². The molecule has 1 heterocycles. The lowest BCUT2D eigenvalue weighted by Crippen LogP contribution is -2.23. The van der Waals surface area contributed by atoms with E-state index in [0.717, 1.165) is 72.8 Å². The molecule has 0 radical (unpaired) electrons. The molecule has 0 unspecified atom stereocenters. The highest BCUT2D eigenvalue weighted by Crippen LogP contribution is 2.53. The molecular weight excluding hydrogens is 873 g/mol. The van der Waals surface area contributed by atoms with E-state index in [9.17, 15) is 0 Å². The molecule has 0 saturated heterocycles. The second kappa shape index (κ2) is 16.5. The lowest BCUT2D eigenvalue weighted by molar-refractivity contribution is 0.645. The van der Waals surface area contributed by atoms with Gasteiger partial charge in [0.25, 0.3) is 0 Å². The molecule has 0 N–H and O–H groups in total. The molecule has 12 aromatic carbocycles. The van der Waals surface area contributed by atoms with Crippen molar-refractivity contribution in [2.45, 2.75) is 19.3 Å². The van der Waals surface area contributed by atoms with E-state index in [1.165, 1.54) is 60.1 Å². The van der Waals surface area contributed by atoms with E-state index in [1.54, 1.807) is 0 Å². The fraction of sp³-hybridized carbons (Fsp3) is 0.0435. The van der Waals surface area contributed by atoms with Gasteiger partial charge in [0, 0.05) is 44.2 Å². The van der Waals surface area contributed by atoms with Gasteiger partial charge < -0.3 is 14.2 Å². The summed E-state index contributed by atoms with van der Waals surface area (Å²) in [4.78, 5) is 4.77. The minimum Gasteiger partial charge on any atom is -0.454 e. The molecule has 1 aliphatic rings. The SMILES string of the molecule is CC1(C)c2cc(-c3ccc(N(c4ccccc4-c4ccccc4)c4cccc5c4oc4ccccc45)cc3)ccc2-c2cc3c4ccccc4c(N(c4ccccc4)c4ccccc4)cc3c3cccc1c23. The van der Waals surface area contributed by atoms with Gasteiger partial charge in [-0.2, -0.15) is 0 Å². The minimum absolute atomic E-state index is 0.269. The van der Waals surface area contributed by atoms with Crippen LogP contribution in [0.4, 0.5) is 34.1 Å². The second-order valence-corrected chi connectivity index (χ2v) is 19.6. The summed E-state index contributed by atoms with van der Waals surface area (Å²) in [5, 5.41) is 9.80. The normalized spacial score (nSPS) is 12.7. The van der Waals surface area contributed by atoms with Crippen molar-refractivity contribution in [1.82, 2.24) is 0 Å². The highest BCUT2D eigenvalue weighted by Gasteiger charge is 2.35. The van der Waals surface area contributed by atoms with E-state index < -0.39 is 0 Å². The first kappa shape index (κ1) is 41.8. The van der Waals surface area contributed by atoms with Crippen LogP contribution in [0.15, 0.2) is 259 Å². The summed E-state index contributed by atoms with van der Waals surface area (Å²) in [5.74, 6) is 0. The molecule has 0 atom stereocenters. The van der Waals surface area contributed by atoms with E-state index in [-0.39, 0.29) is 5.41 Å². The summed E-state index contributed by atoms with van der Waals surface area (Å²) in [7, 11) is 0. The highest BCUT2D eigenvalue weighted by molar-refractivity contribution is 6.25. The van der Waals surface area contributed by atoms with E-state index in [1.807, 2.05) is 6.07 Å². The van der Waals surface area contributed by atoms with Crippen LogP contribution in [0.5, 0.6) is 0 Å². The van der Waals surface area contributed by atoms with Gasteiger partial charge in [-0.25, -0.2) is 0 Å². The third-order valence-electron chi connectivity index (χ3n) is 15.2. The lowest BCUT2D eigenvalue weighted by atomic mass is 9.67. The molecule has 1 aromatic heterocycles. The molecule has 0 aliphatic heterocycles. The molecule has 3 nitrogen and oxygen atoms in total. The standard InChI is InChI=1S/C69H48N2O/c1-69(2)61-32-18-30-56-59-44-65(70(48-22-8-4-9-23-48)49-24-10-5-11-25-49)54-28-13-12-27-52(54)58(59)43-60(67(56)61)53-41-38-47(42-62(53)69)45-36-39-50(40-37-45)71(63-33-16-14-26-51(63)46-20-6-3-7-21-46)64-34-19-31-57-55-29-15-17-35-66(55)72-68(57)64/h3-44H,1-2H3. The van der Waals surface area contributed by atoms with Crippen LogP contribution in [0.25, 0.3) is 87.6 Å². The molecular formula is C69H48N2O. The van der Waals surface area contributed by atoms with Crippen LogP contribution in [0.2, 0.25) is 0 Å². The van der Waals surface area contributed by atoms with Crippen molar-refractivity contribution in [2.24, 2.45) is 0 Å². The van der Waals surface area contributed by atoms with Crippen molar-refractivity contribution in [3.8, 4) is 33.4 Å². The molecule has 340 valence electrons. The lowest BCUT2D eigenvalue weighted by Gasteiger charge is -2.36. The van der Waals surface area contributed by atoms with Crippen LogP contribution in [0.1, 0.15) is 25.0 Å². The molecule has 0 bridgehead atoms. The van der Waals surface area contributed by atoms with Gasteiger partial charge in [0.2, 0.25) is 0 Å². The van der Waals surface area contributed by atoms with E-state index in [2.05, 4.69) is 272 Å². The van der Waals surface area contributed by atoms with Crippen LogP contribution in [0, 0.1) is 0 Å². The van der Waals surface area contributed by atoms with Gasteiger partial charge >= 0.3 is 0 Å². The summed E-state index contributed by atoms with van der Waals surface area (Å²) in [6.45, 7) is 4.80. The maximum absolute atomic E-state index is 6.71. The first-order valence-electron chi connectivity index (χ1n) is 24.9. The summed E-state index contributed by atoms with van der Waals surface area (Å²) < 4.78 is 6.71. The molecule has 1 aliphatic carbocycles. The first-order chi connectivity index (χ1) is 35.5. The summed E-state index contributed by atoms with van der Waals surface area (Å²) in [6.07, 6.45) is 0. The highest BCUT2D eigenvalue weighted by atomic mass is 16.3. The average Bonchev–Trinajstić information content (AvgIpc) is 3.83. The van der Waals surface area contributed by atoms with Crippen molar-refractivity contribution in [3.63, 3.8) is 0 Å². The number of hydrogen-bond acceptors (Lipinski definition) is 3. The maximum atomic E-state index is 6.71. The van der Waals surface area contributed by atoms with E-state index >= 15 is 0 Å².